The van der Waals surface area contributed by atoms with Gasteiger partial charge in [0.05, 0.1) is 6.61 Å². The molecule has 0 bridgehead atoms. The number of hydrogen-bond acceptors (Lipinski definition) is 5. The zero-order valence-electron chi connectivity index (χ0n) is 14.6. The van der Waals surface area contributed by atoms with Gasteiger partial charge in [0, 0.05) is 18.0 Å². The van der Waals surface area contributed by atoms with E-state index < -0.39 is 17.7 Å². The van der Waals surface area contributed by atoms with E-state index in [1.165, 1.54) is 0 Å². The number of nitrogens with one attached hydrogen (secondary N) is 1. The van der Waals surface area contributed by atoms with Gasteiger partial charge in [0.15, 0.2) is 0 Å². The summed E-state index contributed by atoms with van der Waals surface area (Å²) in [4.78, 5) is 34.0. The predicted molar refractivity (Wildman–Crippen MR) is 88.0 cm³/mol. The number of carbonyl (C=O) groups is 3. The van der Waals surface area contributed by atoms with E-state index in [1.54, 1.807) is 27.7 Å². The molecule has 0 aromatic heterocycles. The molecule has 0 saturated carbocycles. The Balaban J connectivity index is 3.92. The molecular formula is C17H29NO5. The van der Waals surface area contributed by atoms with E-state index in [1.807, 2.05) is 0 Å². The summed E-state index contributed by atoms with van der Waals surface area (Å²) >= 11 is 0. The molecule has 0 aromatic carbocycles. The van der Waals surface area contributed by atoms with E-state index in [0.29, 0.717) is 31.6 Å². The number of ether oxygens (including phenoxy) is 2. The van der Waals surface area contributed by atoms with E-state index in [2.05, 4.69) is 11.9 Å². The van der Waals surface area contributed by atoms with Crippen molar-refractivity contribution in [3.8, 4) is 0 Å². The average molecular weight is 327 g/mol. The van der Waals surface area contributed by atoms with Gasteiger partial charge in [0.2, 0.25) is 0 Å². The molecule has 0 spiro atoms. The van der Waals surface area contributed by atoms with Crippen LogP contribution in [0.4, 0.5) is 4.79 Å². The van der Waals surface area contributed by atoms with Crippen LogP contribution in [0.15, 0.2) is 12.2 Å². The molecule has 1 N–H and O–H groups in total. The Morgan fingerprint density at radius 3 is 2.43 bits per heavy atom. The molecule has 132 valence electrons. The maximum Gasteiger partial charge on any atom is 0.407 e. The van der Waals surface area contributed by atoms with Crippen LogP contribution in [0.3, 0.4) is 0 Å². The molecule has 1 amide bonds. The smallest absolute Gasteiger partial charge is 0.407 e. The van der Waals surface area contributed by atoms with Gasteiger partial charge in [-0.25, -0.2) is 9.59 Å². The van der Waals surface area contributed by atoms with Gasteiger partial charge in [-0.1, -0.05) is 13.0 Å². The zero-order chi connectivity index (χ0) is 17.9. The fourth-order valence-electron chi connectivity index (χ4n) is 1.89. The van der Waals surface area contributed by atoms with Crippen LogP contribution >= 0.6 is 0 Å². The molecular weight excluding hydrogens is 298 g/mol. The number of hydrogen-bond donors (Lipinski definition) is 1. The molecule has 0 heterocycles. The highest BCUT2D eigenvalue weighted by molar-refractivity contribution is 5.88. The lowest BCUT2D eigenvalue weighted by molar-refractivity contribution is -0.138. The number of unbranched alkanes of at least 4 members (excludes halogenated alkanes) is 1. The second-order valence-electron chi connectivity index (χ2n) is 6.35. The van der Waals surface area contributed by atoms with Crippen LogP contribution in [0.1, 0.15) is 53.4 Å². The lowest BCUT2D eigenvalue weighted by Crippen LogP contribution is -2.33. The van der Waals surface area contributed by atoms with Crippen molar-refractivity contribution in [3.63, 3.8) is 0 Å². The van der Waals surface area contributed by atoms with E-state index in [4.69, 9.17) is 9.47 Å². The lowest BCUT2D eigenvalue weighted by Gasteiger charge is -2.19. The van der Waals surface area contributed by atoms with Crippen molar-refractivity contribution in [3.05, 3.63) is 12.2 Å². The maximum atomic E-state index is 11.5. The quantitative estimate of drug-likeness (QED) is 0.289. The first-order valence-electron chi connectivity index (χ1n) is 7.96. The third-order valence-corrected chi connectivity index (χ3v) is 2.94. The number of esters is 1. The van der Waals surface area contributed by atoms with Crippen molar-refractivity contribution in [2.24, 2.45) is 5.92 Å². The first-order chi connectivity index (χ1) is 10.7. The minimum atomic E-state index is -0.514. The summed E-state index contributed by atoms with van der Waals surface area (Å²) in [6, 6.07) is 0. The molecule has 6 nitrogen and oxygen atoms in total. The monoisotopic (exact) mass is 327 g/mol. The van der Waals surface area contributed by atoms with Crippen molar-refractivity contribution in [2.75, 3.05) is 13.2 Å². The number of aldehydes is 1. The van der Waals surface area contributed by atoms with Crippen LogP contribution in [0.25, 0.3) is 0 Å². The minimum Gasteiger partial charge on any atom is -0.463 e. The SMILES string of the molecule is C=C(C[C@H](C=O)CCCCNC(=O)OC(C)(C)C)C(=O)OCC. The Morgan fingerprint density at radius 2 is 1.91 bits per heavy atom. The molecule has 6 heteroatoms. The summed E-state index contributed by atoms with van der Waals surface area (Å²) in [7, 11) is 0. The molecule has 0 saturated heterocycles. The van der Waals surface area contributed by atoms with Gasteiger partial charge < -0.3 is 19.6 Å². The number of amides is 1. The van der Waals surface area contributed by atoms with Crippen molar-refractivity contribution in [1.29, 1.82) is 0 Å². The number of carbonyl (C=O) groups excluding carboxylic acids is 3. The van der Waals surface area contributed by atoms with Crippen LogP contribution < -0.4 is 5.32 Å². The van der Waals surface area contributed by atoms with Crippen LogP contribution in [0, 0.1) is 5.92 Å². The molecule has 0 aliphatic carbocycles. The molecule has 1 atom stereocenters. The van der Waals surface area contributed by atoms with Gasteiger partial charge in [-0.3, -0.25) is 0 Å². The lowest BCUT2D eigenvalue weighted by atomic mass is 9.96. The van der Waals surface area contributed by atoms with Crippen molar-refractivity contribution in [1.82, 2.24) is 5.32 Å². The summed E-state index contributed by atoms with van der Waals surface area (Å²) in [5.74, 6) is -0.709. The molecule has 0 aliphatic heterocycles. The van der Waals surface area contributed by atoms with E-state index in [9.17, 15) is 14.4 Å². The standard InChI is InChI=1S/C17H29NO5/c1-6-22-15(20)13(2)11-14(12-19)9-7-8-10-18-16(21)23-17(3,4)5/h12,14H,2,6-11H2,1,3-5H3,(H,18,21)/t14-/m1/s1. The average Bonchev–Trinajstić information content (AvgIpc) is 2.43. The second kappa shape index (κ2) is 10.8. The Kier molecular flexibility index (Phi) is 9.94. The topological polar surface area (TPSA) is 81.7 Å². The summed E-state index contributed by atoms with van der Waals surface area (Å²) in [6.07, 6.45) is 2.83. The Bertz CT molecular complexity index is 412. The molecule has 23 heavy (non-hydrogen) atoms. The molecule has 0 radical (unpaired) electrons. The fraction of sp³-hybridized carbons (Fsp3) is 0.706. The second-order valence-corrected chi connectivity index (χ2v) is 6.35. The van der Waals surface area contributed by atoms with E-state index >= 15 is 0 Å². The molecule has 0 fully saturated rings. The molecule has 0 aliphatic rings. The normalized spacial score (nSPS) is 12.2. The highest BCUT2D eigenvalue weighted by Crippen LogP contribution is 2.16. The third kappa shape index (κ3) is 11.4. The van der Waals surface area contributed by atoms with Gasteiger partial charge in [0.1, 0.15) is 11.9 Å². The Labute approximate surface area is 138 Å². The molecule has 0 unspecified atom stereocenters. The van der Waals surface area contributed by atoms with Gasteiger partial charge in [-0.15, -0.1) is 0 Å². The highest BCUT2D eigenvalue weighted by Gasteiger charge is 2.16. The van der Waals surface area contributed by atoms with Gasteiger partial charge in [-0.2, -0.15) is 0 Å². The van der Waals surface area contributed by atoms with Crippen molar-refractivity contribution >= 4 is 18.3 Å². The fourth-order valence-corrected chi connectivity index (χ4v) is 1.89. The van der Waals surface area contributed by atoms with Gasteiger partial charge in [0.25, 0.3) is 0 Å². The Hall–Kier alpha value is -1.85. The van der Waals surface area contributed by atoms with Crippen LogP contribution in [0.5, 0.6) is 0 Å². The highest BCUT2D eigenvalue weighted by atomic mass is 16.6. The number of rotatable bonds is 10. The first kappa shape index (κ1) is 21.1. The summed E-state index contributed by atoms with van der Waals surface area (Å²) in [5, 5.41) is 2.67. The Morgan fingerprint density at radius 1 is 1.26 bits per heavy atom. The van der Waals surface area contributed by atoms with Gasteiger partial charge >= 0.3 is 12.1 Å². The van der Waals surface area contributed by atoms with Crippen LogP contribution in [-0.4, -0.2) is 37.1 Å². The summed E-state index contributed by atoms with van der Waals surface area (Å²) in [6.45, 7) is 11.6. The van der Waals surface area contributed by atoms with Crippen molar-refractivity contribution in [2.45, 2.75) is 59.0 Å². The van der Waals surface area contributed by atoms with Gasteiger partial charge in [-0.05, 0) is 47.0 Å². The van der Waals surface area contributed by atoms with Crippen LogP contribution in [0.2, 0.25) is 0 Å². The number of alkyl carbamates (subject to hydrolysis) is 1. The molecule has 0 aromatic rings. The zero-order valence-corrected chi connectivity index (χ0v) is 14.6. The first-order valence-corrected chi connectivity index (χ1v) is 7.96. The van der Waals surface area contributed by atoms with E-state index in [0.717, 1.165) is 19.1 Å². The third-order valence-electron chi connectivity index (χ3n) is 2.94. The maximum absolute atomic E-state index is 11.5. The minimum absolute atomic E-state index is 0.256. The molecule has 0 rings (SSSR count). The largest absolute Gasteiger partial charge is 0.463 e. The summed E-state index contributed by atoms with van der Waals surface area (Å²) in [5.41, 5.74) is -0.198. The van der Waals surface area contributed by atoms with Crippen LogP contribution in [-0.2, 0) is 19.1 Å². The predicted octanol–water partition coefficient (Wildman–Crippen LogP) is 3.01. The van der Waals surface area contributed by atoms with Crippen molar-refractivity contribution < 1.29 is 23.9 Å². The van der Waals surface area contributed by atoms with E-state index in [-0.39, 0.29) is 5.92 Å². The summed E-state index contributed by atoms with van der Waals surface area (Å²) < 4.78 is 9.96.